The van der Waals surface area contributed by atoms with Gasteiger partial charge in [-0.2, -0.15) is 10.4 Å². The number of amides is 1. The lowest BCUT2D eigenvalue weighted by atomic mass is 9.98. The van der Waals surface area contributed by atoms with E-state index in [1.807, 2.05) is 25.7 Å². The van der Waals surface area contributed by atoms with Crippen LogP contribution in [0.25, 0.3) is 22.2 Å². The smallest absolute Gasteiger partial charge is 0.410 e. The van der Waals surface area contributed by atoms with Crippen molar-refractivity contribution in [2.45, 2.75) is 71.1 Å². The molecule has 0 N–H and O–H groups in total. The molecule has 0 unspecified atom stereocenters. The zero-order valence-electron chi connectivity index (χ0n) is 21.8. The van der Waals surface area contributed by atoms with Crippen LogP contribution in [0, 0.1) is 11.3 Å². The molecule has 2 fully saturated rings. The van der Waals surface area contributed by atoms with Crippen molar-refractivity contribution in [2.75, 3.05) is 18.0 Å². The number of hydrogen-bond acceptors (Lipinski definition) is 7. The topological polar surface area (TPSA) is 100 Å². The molecule has 3 heterocycles. The van der Waals surface area contributed by atoms with E-state index in [2.05, 4.69) is 42.0 Å². The van der Waals surface area contributed by atoms with Gasteiger partial charge in [-0.15, -0.1) is 0 Å². The van der Waals surface area contributed by atoms with Gasteiger partial charge >= 0.3 is 6.09 Å². The van der Waals surface area contributed by atoms with Crippen LogP contribution in [0.2, 0.25) is 0 Å². The molecule has 36 heavy (non-hydrogen) atoms. The quantitative estimate of drug-likeness (QED) is 0.532. The number of hydrogen-bond donors (Lipinski definition) is 0. The number of nitrogens with zero attached hydrogens (tertiary/aromatic N) is 7. The zero-order chi connectivity index (χ0) is 25.8. The highest BCUT2D eigenvalue weighted by Gasteiger charge is 2.37. The normalized spacial score (nSPS) is 20.5. The molecule has 188 valence electrons. The van der Waals surface area contributed by atoms with E-state index in [-0.39, 0.29) is 18.2 Å². The lowest BCUT2D eigenvalue weighted by Gasteiger charge is -2.45. The monoisotopic (exact) mass is 487 g/mol. The molecule has 0 spiro atoms. The lowest BCUT2D eigenvalue weighted by molar-refractivity contribution is 0.0130. The average molecular weight is 488 g/mol. The molecule has 5 rings (SSSR count). The minimum absolute atomic E-state index is 0.0393. The number of nitriles is 1. The molecular formula is C27H33N7O2. The van der Waals surface area contributed by atoms with Crippen molar-refractivity contribution in [3.05, 3.63) is 35.8 Å². The van der Waals surface area contributed by atoms with Crippen molar-refractivity contribution in [3.8, 4) is 17.3 Å². The maximum absolute atomic E-state index is 12.9. The molecule has 2 aliphatic rings. The molecule has 3 aromatic rings. The number of piperazine rings is 1. The molecule has 0 radical (unpaired) electrons. The first-order valence-corrected chi connectivity index (χ1v) is 12.6. The van der Waals surface area contributed by atoms with Crippen LogP contribution in [0.15, 0.2) is 24.5 Å². The van der Waals surface area contributed by atoms with Gasteiger partial charge in [-0.25, -0.2) is 14.8 Å². The van der Waals surface area contributed by atoms with Gasteiger partial charge in [0, 0.05) is 49.2 Å². The molecule has 1 aliphatic carbocycles. The SMILES string of the molecule is C[C@@H]1CN(c2ncnc3c(-c4cc(C#N)n(C)n4)ccc(C4CC4)c23)[C@@H](C)CN1C(=O)OC(C)(C)C. The standard InChI is InChI=1S/C27H33N7O2/c1-16-14-34(26(35)36-27(3,4)5)17(2)13-33(16)25-23-20(18-7-8-18)9-10-21(24(23)29-15-30-25)22-11-19(12-28)32(6)31-22/h9-11,15-18H,7-8,13-14H2,1-6H3/t16-,17+/m0/s1. The van der Waals surface area contributed by atoms with Gasteiger partial charge < -0.3 is 14.5 Å². The summed E-state index contributed by atoms with van der Waals surface area (Å²) in [5.41, 5.74) is 3.69. The molecule has 1 saturated heterocycles. The Morgan fingerprint density at radius 2 is 1.89 bits per heavy atom. The van der Waals surface area contributed by atoms with E-state index in [9.17, 15) is 10.1 Å². The van der Waals surface area contributed by atoms with Crippen molar-refractivity contribution >= 4 is 22.8 Å². The third-order valence-corrected chi connectivity index (χ3v) is 6.97. The van der Waals surface area contributed by atoms with E-state index in [4.69, 9.17) is 14.7 Å². The number of aryl methyl sites for hydroxylation is 1. The number of fused-ring (bicyclic) bond motifs is 1. The fraction of sp³-hybridized carbons (Fsp3) is 0.519. The van der Waals surface area contributed by atoms with Crippen LogP contribution in [0.3, 0.4) is 0 Å². The molecule has 1 saturated carbocycles. The molecule has 9 nitrogen and oxygen atoms in total. The second-order valence-electron chi connectivity index (χ2n) is 11.0. The van der Waals surface area contributed by atoms with E-state index in [0.717, 1.165) is 40.8 Å². The first-order valence-electron chi connectivity index (χ1n) is 12.6. The lowest BCUT2D eigenvalue weighted by Crippen LogP contribution is -2.59. The van der Waals surface area contributed by atoms with Crippen LogP contribution in [-0.4, -0.2) is 61.5 Å². The maximum atomic E-state index is 12.9. The summed E-state index contributed by atoms with van der Waals surface area (Å²) < 4.78 is 7.26. The highest BCUT2D eigenvalue weighted by Crippen LogP contribution is 2.46. The molecule has 0 bridgehead atoms. The molecule has 2 aromatic heterocycles. The number of ether oxygens (including phenoxy) is 1. The minimum atomic E-state index is -0.535. The van der Waals surface area contributed by atoms with E-state index >= 15 is 0 Å². The maximum Gasteiger partial charge on any atom is 0.410 e. The zero-order valence-corrected chi connectivity index (χ0v) is 21.8. The first kappa shape index (κ1) is 24.0. The van der Waals surface area contributed by atoms with Gasteiger partial charge in [-0.3, -0.25) is 4.68 Å². The summed E-state index contributed by atoms with van der Waals surface area (Å²) >= 11 is 0. The van der Waals surface area contributed by atoms with Gasteiger partial charge in [-0.05, 0) is 58.9 Å². The molecule has 1 amide bonds. The average Bonchev–Trinajstić information content (AvgIpc) is 3.59. The molecule has 1 aromatic carbocycles. The van der Waals surface area contributed by atoms with Gasteiger partial charge in [0.2, 0.25) is 0 Å². The van der Waals surface area contributed by atoms with Crippen molar-refractivity contribution in [1.82, 2.24) is 24.6 Å². The van der Waals surface area contributed by atoms with Crippen LogP contribution in [0.4, 0.5) is 10.6 Å². The third-order valence-electron chi connectivity index (χ3n) is 6.97. The highest BCUT2D eigenvalue weighted by atomic mass is 16.6. The van der Waals surface area contributed by atoms with Crippen LogP contribution in [0.5, 0.6) is 0 Å². The van der Waals surface area contributed by atoms with Crippen LogP contribution >= 0.6 is 0 Å². The third kappa shape index (κ3) is 4.36. The number of rotatable bonds is 3. The number of carbonyl (C=O) groups excluding carboxylic acids is 1. The molecule has 1 aliphatic heterocycles. The number of aromatic nitrogens is 4. The van der Waals surface area contributed by atoms with Crippen LogP contribution in [0.1, 0.15) is 64.6 Å². The van der Waals surface area contributed by atoms with E-state index in [0.29, 0.717) is 24.7 Å². The Labute approximate surface area is 211 Å². The van der Waals surface area contributed by atoms with Crippen molar-refractivity contribution in [3.63, 3.8) is 0 Å². The number of carbonyl (C=O) groups is 1. The van der Waals surface area contributed by atoms with Gasteiger partial charge in [0.15, 0.2) is 0 Å². The van der Waals surface area contributed by atoms with Crippen LogP contribution in [-0.2, 0) is 11.8 Å². The van der Waals surface area contributed by atoms with Gasteiger partial charge in [-0.1, -0.05) is 12.1 Å². The summed E-state index contributed by atoms with van der Waals surface area (Å²) in [5.74, 6) is 1.39. The number of anilines is 1. The Morgan fingerprint density at radius 1 is 1.14 bits per heavy atom. The van der Waals surface area contributed by atoms with Gasteiger partial charge in [0.1, 0.15) is 29.5 Å². The second kappa shape index (κ2) is 8.77. The molecule has 9 heteroatoms. The summed E-state index contributed by atoms with van der Waals surface area (Å²) in [6, 6.07) is 8.25. The second-order valence-corrected chi connectivity index (χ2v) is 11.0. The largest absolute Gasteiger partial charge is 0.444 e. The predicted octanol–water partition coefficient (Wildman–Crippen LogP) is 4.61. The fourth-order valence-corrected chi connectivity index (χ4v) is 5.04. The van der Waals surface area contributed by atoms with E-state index < -0.39 is 5.60 Å². The summed E-state index contributed by atoms with van der Waals surface area (Å²) in [7, 11) is 1.77. The Bertz CT molecular complexity index is 1360. The minimum Gasteiger partial charge on any atom is -0.444 e. The van der Waals surface area contributed by atoms with Crippen molar-refractivity contribution in [2.24, 2.45) is 7.05 Å². The summed E-state index contributed by atoms with van der Waals surface area (Å²) in [6.07, 6.45) is 3.65. The van der Waals surface area contributed by atoms with Crippen LogP contribution < -0.4 is 4.90 Å². The van der Waals surface area contributed by atoms with Crippen molar-refractivity contribution in [1.29, 1.82) is 5.26 Å². The Balaban J connectivity index is 1.57. The Morgan fingerprint density at radius 3 is 2.53 bits per heavy atom. The molecular weight excluding hydrogens is 454 g/mol. The predicted molar refractivity (Wildman–Crippen MR) is 138 cm³/mol. The summed E-state index contributed by atoms with van der Waals surface area (Å²) in [6.45, 7) is 11.0. The van der Waals surface area contributed by atoms with Gasteiger partial charge in [0.25, 0.3) is 0 Å². The van der Waals surface area contributed by atoms with E-state index in [1.54, 1.807) is 24.1 Å². The fourth-order valence-electron chi connectivity index (χ4n) is 5.04. The van der Waals surface area contributed by atoms with E-state index in [1.165, 1.54) is 5.56 Å². The summed E-state index contributed by atoms with van der Waals surface area (Å²) in [4.78, 5) is 26.5. The highest BCUT2D eigenvalue weighted by molar-refractivity contribution is 6.01. The molecule has 2 atom stereocenters. The first-order chi connectivity index (χ1) is 17.1. The van der Waals surface area contributed by atoms with Crippen molar-refractivity contribution < 1.29 is 9.53 Å². The number of benzene rings is 1. The Kier molecular flexibility index (Phi) is 5.86. The summed E-state index contributed by atoms with van der Waals surface area (Å²) in [5, 5.41) is 15.1. The Hall–Kier alpha value is -3.67. The van der Waals surface area contributed by atoms with Gasteiger partial charge in [0.05, 0.1) is 11.2 Å².